The first-order chi connectivity index (χ1) is 5.57. The van der Waals surface area contributed by atoms with Crippen molar-refractivity contribution < 1.29 is 9.13 Å². The van der Waals surface area contributed by atoms with Gasteiger partial charge in [0.1, 0.15) is 0 Å². The fourth-order valence-corrected chi connectivity index (χ4v) is 0.904. The van der Waals surface area contributed by atoms with Crippen LogP contribution < -0.4 is 10.2 Å². The van der Waals surface area contributed by atoms with Crippen molar-refractivity contribution in [1.82, 2.24) is 4.57 Å². The van der Waals surface area contributed by atoms with E-state index < -0.39 is 11.2 Å². The van der Waals surface area contributed by atoms with Crippen molar-refractivity contribution in [2.24, 2.45) is 7.05 Å². The normalized spacial score (nSPS) is 10.0. The summed E-state index contributed by atoms with van der Waals surface area (Å²) in [6.45, 7) is 1.54. The van der Waals surface area contributed by atoms with Crippen LogP contribution in [0.2, 0.25) is 0 Å². The number of aryl methyl sites for hydroxylation is 1. The highest BCUT2D eigenvalue weighted by atomic mass is 19.1. The molecular weight excluding hydrogens is 161 g/mol. The molecule has 0 bridgehead atoms. The molecule has 0 spiro atoms. The smallest absolute Gasteiger partial charge is 0.259 e. The van der Waals surface area contributed by atoms with Gasteiger partial charge in [-0.2, -0.15) is 0 Å². The molecule has 1 rings (SSSR count). The van der Waals surface area contributed by atoms with Gasteiger partial charge in [0.2, 0.25) is 0 Å². The molecule has 66 valence electrons. The van der Waals surface area contributed by atoms with Crippen LogP contribution in [0.1, 0.15) is 5.69 Å². The fraction of sp³-hybridized carbons (Fsp3) is 0.375. The standard InChI is InChI=1S/C8H10FNO2/c1-5-7(9)8(11)6(12-3)4-10(5)2/h4H,1-3H3. The molecule has 0 aliphatic rings. The van der Waals surface area contributed by atoms with Gasteiger partial charge in [-0.25, -0.2) is 4.39 Å². The molecule has 0 radical (unpaired) electrons. The molecule has 1 aromatic heterocycles. The molecule has 0 unspecified atom stereocenters. The zero-order valence-electron chi connectivity index (χ0n) is 7.22. The van der Waals surface area contributed by atoms with Gasteiger partial charge in [0.15, 0.2) is 11.6 Å². The second-order valence-electron chi connectivity index (χ2n) is 2.54. The van der Waals surface area contributed by atoms with Gasteiger partial charge in [-0.15, -0.1) is 0 Å². The summed E-state index contributed by atoms with van der Waals surface area (Å²) in [6, 6.07) is 0. The summed E-state index contributed by atoms with van der Waals surface area (Å²) in [5.74, 6) is -0.725. The molecule has 0 atom stereocenters. The van der Waals surface area contributed by atoms with Crippen molar-refractivity contribution in [2.75, 3.05) is 7.11 Å². The molecule has 0 saturated carbocycles. The van der Waals surface area contributed by atoms with E-state index in [4.69, 9.17) is 0 Å². The van der Waals surface area contributed by atoms with Gasteiger partial charge in [0.25, 0.3) is 5.43 Å². The van der Waals surface area contributed by atoms with E-state index in [1.165, 1.54) is 24.8 Å². The van der Waals surface area contributed by atoms with E-state index in [0.29, 0.717) is 5.69 Å². The molecule has 0 aromatic carbocycles. The fourth-order valence-electron chi connectivity index (χ4n) is 0.904. The van der Waals surface area contributed by atoms with Crippen molar-refractivity contribution in [3.8, 4) is 5.75 Å². The van der Waals surface area contributed by atoms with E-state index in [9.17, 15) is 9.18 Å². The summed E-state index contributed by atoms with van der Waals surface area (Å²) >= 11 is 0. The van der Waals surface area contributed by atoms with E-state index in [1.807, 2.05) is 0 Å². The maximum atomic E-state index is 13.0. The minimum absolute atomic E-state index is 0.0283. The number of methoxy groups -OCH3 is 1. The predicted molar refractivity (Wildman–Crippen MR) is 42.9 cm³/mol. The highest BCUT2D eigenvalue weighted by Gasteiger charge is 2.10. The minimum Gasteiger partial charge on any atom is -0.491 e. The van der Waals surface area contributed by atoms with E-state index in [2.05, 4.69) is 4.74 Å². The van der Waals surface area contributed by atoms with Crippen LogP contribution in [0.25, 0.3) is 0 Å². The van der Waals surface area contributed by atoms with Gasteiger partial charge in [-0.1, -0.05) is 0 Å². The first-order valence-corrected chi connectivity index (χ1v) is 3.47. The summed E-state index contributed by atoms with van der Waals surface area (Å²) in [4.78, 5) is 11.1. The Morgan fingerprint density at radius 2 is 2.17 bits per heavy atom. The van der Waals surface area contributed by atoms with Crippen LogP contribution in [-0.2, 0) is 7.05 Å². The first-order valence-electron chi connectivity index (χ1n) is 3.47. The van der Waals surface area contributed by atoms with Crippen LogP contribution >= 0.6 is 0 Å². The lowest BCUT2D eigenvalue weighted by Gasteiger charge is -2.06. The lowest BCUT2D eigenvalue weighted by Crippen LogP contribution is -2.16. The van der Waals surface area contributed by atoms with Gasteiger partial charge in [-0.3, -0.25) is 4.79 Å². The largest absolute Gasteiger partial charge is 0.491 e. The average molecular weight is 171 g/mol. The van der Waals surface area contributed by atoms with Crippen LogP contribution in [0, 0.1) is 12.7 Å². The number of aromatic nitrogens is 1. The summed E-state index contributed by atoms with van der Waals surface area (Å²) in [6.07, 6.45) is 1.46. The highest BCUT2D eigenvalue weighted by Crippen LogP contribution is 2.07. The SMILES string of the molecule is COc1cn(C)c(C)c(F)c1=O. The van der Waals surface area contributed by atoms with E-state index in [0.717, 1.165) is 0 Å². The van der Waals surface area contributed by atoms with Gasteiger partial charge < -0.3 is 9.30 Å². The van der Waals surface area contributed by atoms with E-state index >= 15 is 0 Å². The molecule has 3 nitrogen and oxygen atoms in total. The third-order valence-electron chi connectivity index (χ3n) is 1.80. The lowest BCUT2D eigenvalue weighted by atomic mass is 10.3. The van der Waals surface area contributed by atoms with Gasteiger partial charge in [0.05, 0.1) is 19.0 Å². The maximum absolute atomic E-state index is 13.0. The number of halogens is 1. The Bertz CT molecular complexity index is 357. The Hall–Kier alpha value is -1.32. The molecule has 4 heteroatoms. The summed E-state index contributed by atoms with van der Waals surface area (Å²) < 4.78 is 19.2. The number of rotatable bonds is 1. The van der Waals surface area contributed by atoms with Gasteiger partial charge in [-0.05, 0) is 6.92 Å². The second-order valence-corrected chi connectivity index (χ2v) is 2.54. The van der Waals surface area contributed by atoms with Crippen molar-refractivity contribution >= 4 is 0 Å². The van der Waals surface area contributed by atoms with Crippen molar-refractivity contribution in [3.05, 3.63) is 27.9 Å². The molecule has 0 saturated heterocycles. The zero-order chi connectivity index (χ0) is 9.30. The third-order valence-corrected chi connectivity index (χ3v) is 1.80. The maximum Gasteiger partial charge on any atom is 0.259 e. The quantitative estimate of drug-likeness (QED) is 0.627. The molecule has 0 N–H and O–H groups in total. The van der Waals surface area contributed by atoms with Gasteiger partial charge >= 0.3 is 0 Å². The number of pyridine rings is 1. The van der Waals surface area contributed by atoms with Gasteiger partial charge in [0, 0.05) is 7.05 Å². The molecule has 1 aromatic rings. The highest BCUT2D eigenvalue weighted by molar-refractivity contribution is 5.22. The monoisotopic (exact) mass is 171 g/mol. The Balaban J connectivity index is 3.50. The number of nitrogens with zero attached hydrogens (tertiary/aromatic N) is 1. The van der Waals surface area contributed by atoms with Crippen LogP contribution in [0.4, 0.5) is 4.39 Å². The van der Waals surface area contributed by atoms with Crippen LogP contribution in [0.3, 0.4) is 0 Å². The molecule has 1 heterocycles. The first kappa shape index (κ1) is 8.77. The zero-order valence-corrected chi connectivity index (χ0v) is 7.22. The molecule has 0 amide bonds. The van der Waals surface area contributed by atoms with Crippen molar-refractivity contribution in [1.29, 1.82) is 0 Å². The number of ether oxygens (including phenoxy) is 1. The lowest BCUT2D eigenvalue weighted by molar-refractivity contribution is 0.398. The van der Waals surface area contributed by atoms with Crippen LogP contribution in [0.5, 0.6) is 5.75 Å². The van der Waals surface area contributed by atoms with Crippen LogP contribution in [0.15, 0.2) is 11.0 Å². The Kier molecular flexibility index (Phi) is 2.17. The van der Waals surface area contributed by atoms with E-state index in [-0.39, 0.29) is 5.75 Å². The molecule has 0 fully saturated rings. The predicted octanol–water partition coefficient (Wildman–Crippen LogP) is 0.841. The van der Waals surface area contributed by atoms with E-state index in [1.54, 1.807) is 7.05 Å². The Morgan fingerprint density at radius 1 is 1.58 bits per heavy atom. The average Bonchev–Trinajstić information content (AvgIpc) is 2.08. The molecule has 0 aliphatic carbocycles. The van der Waals surface area contributed by atoms with Crippen molar-refractivity contribution in [3.63, 3.8) is 0 Å². The third kappa shape index (κ3) is 1.20. The van der Waals surface area contributed by atoms with Crippen LogP contribution in [-0.4, -0.2) is 11.7 Å². The Morgan fingerprint density at radius 3 is 2.67 bits per heavy atom. The summed E-state index contributed by atoms with van der Waals surface area (Å²) in [7, 11) is 2.99. The van der Waals surface area contributed by atoms with Crippen molar-refractivity contribution in [2.45, 2.75) is 6.92 Å². The Labute approximate surface area is 69.4 Å². The number of hydrogen-bond acceptors (Lipinski definition) is 2. The summed E-state index contributed by atoms with van der Waals surface area (Å²) in [5.41, 5.74) is -0.381. The molecule has 0 aliphatic heterocycles. The molecular formula is C8H10FNO2. The topological polar surface area (TPSA) is 31.2 Å². The summed E-state index contributed by atoms with van der Waals surface area (Å²) in [5, 5.41) is 0. The number of hydrogen-bond donors (Lipinski definition) is 0. The second kappa shape index (κ2) is 2.97. The minimum atomic E-state index is -0.753. The molecule has 12 heavy (non-hydrogen) atoms.